The molecule has 3 heteroatoms. The van der Waals surface area contributed by atoms with Crippen molar-refractivity contribution in [3.05, 3.63) is 0 Å². The van der Waals surface area contributed by atoms with Gasteiger partial charge in [0, 0.05) is 13.1 Å². The summed E-state index contributed by atoms with van der Waals surface area (Å²) in [6.07, 6.45) is 1.28. The van der Waals surface area contributed by atoms with Crippen molar-refractivity contribution in [2.75, 3.05) is 19.6 Å². The number of rotatable bonds is 3. The summed E-state index contributed by atoms with van der Waals surface area (Å²) in [5, 5.41) is 18.4. The molecule has 0 unspecified atom stereocenters. The van der Waals surface area contributed by atoms with E-state index in [1.54, 1.807) is 0 Å². The van der Waals surface area contributed by atoms with Crippen molar-refractivity contribution >= 4 is 0 Å². The molecule has 1 aliphatic rings. The number of hydrogen-bond acceptors (Lipinski definition) is 3. The van der Waals surface area contributed by atoms with Crippen LogP contribution < -0.4 is 0 Å². The van der Waals surface area contributed by atoms with E-state index in [9.17, 15) is 10.2 Å². The van der Waals surface area contributed by atoms with Gasteiger partial charge >= 0.3 is 0 Å². The third kappa shape index (κ3) is 2.43. The minimum atomic E-state index is -0.521. The van der Waals surface area contributed by atoms with E-state index < -0.39 is 12.2 Å². The molecular weight excluding hydrogens is 142 g/mol. The minimum Gasteiger partial charge on any atom is -0.389 e. The topological polar surface area (TPSA) is 43.7 Å². The molecule has 0 aromatic rings. The van der Waals surface area contributed by atoms with Gasteiger partial charge in [0.25, 0.3) is 0 Å². The number of nitrogens with zero attached hydrogens (tertiary/aromatic N) is 1. The van der Waals surface area contributed by atoms with Crippen molar-refractivity contribution in [3.8, 4) is 0 Å². The summed E-state index contributed by atoms with van der Waals surface area (Å²) in [6.45, 7) is 4.43. The van der Waals surface area contributed by atoms with Crippen molar-refractivity contribution in [2.24, 2.45) is 0 Å². The quantitative estimate of drug-likeness (QED) is 0.600. The van der Waals surface area contributed by atoms with Crippen molar-refractivity contribution in [2.45, 2.75) is 32.0 Å². The van der Waals surface area contributed by atoms with Crippen molar-refractivity contribution < 1.29 is 10.2 Å². The normalized spacial score (nSPS) is 33.0. The Kier molecular flexibility index (Phi) is 3.30. The molecule has 1 aliphatic heterocycles. The lowest BCUT2D eigenvalue weighted by atomic mass is 10.3. The highest BCUT2D eigenvalue weighted by Crippen LogP contribution is 2.10. The summed E-state index contributed by atoms with van der Waals surface area (Å²) < 4.78 is 0. The van der Waals surface area contributed by atoms with Gasteiger partial charge < -0.3 is 10.2 Å². The van der Waals surface area contributed by atoms with Crippen molar-refractivity contribution in [1.29, 1.82) is 0 Å². The fourth-order valence-electron chi connectivity index (χ4n) is 1.41. The molecule has 0 aromatic heterocycles. The molecule has 0 radical (unpaired) electrons. The lowest BCUT2D eigenvalue weighted by Gasteiger charge is -2.12. The highest BCUT2D eigenvalue weighted by molar-refractivity contribution is 4.82. The van der Waals surface area contributed by atoms with Gasteiger partial charge in [-0.2, -0.15) is 0 Å². The molecule has 0 spiro atoms. The average molecular weight is 159 g/mol. The summed E-state index contributed by atoms with van der Waals surface area (Å²) in [5.74, 6) is 0. The van der Waals surface area contributed by atoms with E-state index in [1.165, 1.54) is 6.42 Å². The highest BCUT2D eigenvalue weighted by Gasteiger charge is 2.28. The molecule has 1 heterocycles. The molecule has 1 fully saturated rings. The van der Waals surface area contributed by atoms with Gasteiger partial charge in [-0.25, -0.2) is 0 Å². The van der Waals surface area contributed by atoms with Gasteiger partial charge in [-0.3, -0.25) is 4.90 Å². The lowest BCUT2D eigenvalue weighted by Crippen LogP contribution is -2.22. The van der Waals surface area contributed by atoms with Gasteiger partial charge in [0.2, 0.25) is 0 Å². The maximum Gasteiger partial charge on any atom is 0.0938 e. The lowest BCUT2D eigenvalue weighted by molar-refractivity contribution is 0.0572. The number of likely N-dealkylation sites (tertiary alicyclic amines) is 1. The molecule has 0 bridgehead atoms. The molecule has 11 heavy (non-hydrogen) atoms. The molecule has 1 rings (SSSR count). The molecule has 0 aromatic carbocycles. The third-order valence-electron chi connectivity index (χ3n) is 2.16. The number of hydrogen-bond donors (Lipinski definition) is 2. The molecule has 0 aliphatic carbocycles. The van der Waals surface area contributed by atoms with Crippen molar-refractivity contribution in [3.63, 3.8) is 0 Å². The predicted molar refractivity (Wildman–Crippen MR) is 43.4 cm³/mol. The predicted octanol–water partition coefficient (Wildman–Crippen LogP) is -0.176. The Bertz CT molecular complexity index is 109. The van der Waals surface area contributed by atoms with Crippen LogP contribution in [0, 0.1) is 0 Å². The zero-order chi connectivity index (χ0) is 8.27. The van der Waals surface area contributed by atoms with Crippen LogP contribution in [0.2, 0.25) is 0 Å². The van der Waals surface area contributed by atoms with Crippen LogP contribution in [0.4, 0.5) is 0 Å². The average Bonchev–Trinajstić information content (AvgIpc) is 2.28. The van der Waals surface area contributed by atoms with E-state index in [0.29, 0.717) is 13.1 Å². The van der Waals surface area contributed by atoms with Crippen LogP contribution in [0.1, 0.15) is 19.8 Å². The number of aliphatic hydroxyl groups excluding tert-OH is 2. The summed E-state index contributed by atoms with van der Waals surface area (Å²) >= 11 is 0. The Labute approximate surface area is 67.6 Å². The minimum absolute atomic E-state index is 0.521. The zero-order valence-electron chi connectivity index (χ0n) is 7.03. The van der Waals surface area contributed by atoms with Crippen LogP contribution in [0.5, 0.6) is 0 Å². The van der Waals surface area contributed by atoms with Gasteiger partial charge in [0.15, 0.2) is 0 Å². The fourth-order valence-corrected chi connectivity index (χ4v) is 1.41. The molecule has 0 saturated carbocycles. The largest absolute Gasteiger partial charge is 0.389 e. The van der Waals surface area contributed by atoms with Crippen LogP contribution in [0.15, 0.2) is 0 Å². The van der Waals surface area contributed by atoms with Gasteiger partial charge in [0.05, 0.1) is 12.2 Å². The second-order valence-corrected chi connectivity index (χ2v) is 3.25. The first-order chi connectivity index (χ1) is 5.24. The number of β-amino-alcohol motifs (C(OH)–C–C–N with tert-alkyl or cyclic N) is 2. The Balaban J connectivity index is 2.18. The van der Waals surface area contributed by atoms with E-state index >= 15 is 0 Å². The first-order valence-corrected chi connectivity index (χ1v) is 4.32. The number of aliphatic hydroxyl groups is 2. The fraction of sp³-hybridized carbons (Fsp3) is 1.00. The first-order valence-electron chi connectivity index (χ1n) is 4.32. The van der Waals surface area contributed by atoms with Gasteiger partial charge in [-0.1, -0.05) is 13.3 Å². The van der Waals surface area contributed by atoms with E-state index in [-0.39, 0.29) is 0 Å². The van der Waals surface area contributed by atoms with E-state index in [0.717, 1.165) is 13.0 Å². The molecular formula is C8H17NO2. The third-order valence-corrected chi connectivity index (χ3v) is 2.16. The van der Waals surface area contributed by atoms with Crippen LogP contribution >= 0.6 is 0 Å². The van der Waals surface area contributed by atoms with Crippen LogP contribution in [-0.2, 0) is 0 Å². The second-order valence-electron chi connectivity index (χ2n) is 3.25. The zero-order valence-corrected chi connectivity index (χ0v) is 7.03. The Morgan fingerprint density at radius 2 is 1.82 bits per heavy atom. The Morgan fingerprint density at radius 3 is 2.27 bits per heavy atom. The summed E-state index contributed by atoms with van der Waals surface area (Å²) in [6, 6.07) is 0. The standard InChI is InChI=1S/C8H17NO2/c1-2-3-4-9-5-7(10)8(11)6-9/h7-8,10-11H,2-6H2,1H3/t7-,8+. The summed E-state index contributed by atoms with van der Waals surface area (Å²) in [4.78, 5) is 2.11. The van der Waals surface area contributed by atoms with Crippen LogP contribution in [-0.4, -0.2) is 47.0 Å². The molecule has 2 atom stereocenters. The summed E-state index contributed by atoms with van der Waals surface area (Å²) in [5.41, 5.74) is 0. The SMILES string of the molecule is CCCCN1C[C@@H](O)[C@@H](O)C1. The highest BCUT2D eigenvalue weighted by atomic mass is 16.3. The first kappa shape index (κ1) is 8.97. The maximum atomic E-state index is 9.18. The van der Waals surface area contributed by atoms with Gasteiger partial charge in [0.1, 0.15) is 0 Å². The molecule has 3 nitrogen and oxygen atoms in total. The van der Waals surface area contributed by atoms with Gasteiger partial charge in [-0.15, -0.1) is 0 Å². The maximum absolute atomic E-state index is 9.18. The van der Waals surface area contributed by atoms with E-state index in [2.05, 4.69) is 11.8 Å². The monoisotopic (exact) mass is 159 g/mol. The molecule has 2 N–H and O–H groups in total. The molecule has 1 saturated heterocycles. The van der Waals surface area contributed by atoms with Crippen LogP contribution in [0.25, 0.3) is 0 Å². The Hall–Kier alpha value is -0.120. The van der Waals surface area contributed by atoms with Gasteiger partial charge in [-0.05, 0) is 13.0 Å². The summed E-state index contributed by atoms with van der Waals surface area (Å²) in [7, 11) is 0. The smallest absolute Gasteiger partial charge is 0.0938 e. The van der Waals surface area contributed by atoms with E-state index in [4.69, 9.17) is 0 Å². The molecule has 0 amide bonds. The van der Waals surface area contributed by atoms with Crippen molar-refractivity contribution in [1.82, 2.24) is 4.90 Å². The van der Waals surface area contributed by atoms with E-state index in [1.807, 2.05) is 0 Å². The number of unbranched alkanes of at least 4 members (excludes halogenated alkanes) is 1. The molecule has 66 valence electrons. The Morgan fingerprint density at radius 1 is 1.27 bits per heavy atom. The van der Waals surface area contributed by atoms with Crippen LogP contribution in [0.3, 0.4) is 0 Å². The second kappa shape index (κ2) is 4.04.